The summed E-state index contributed by atoms with van der Waals surface area (Å²) in [5.41, 5.74) is 12.7. The van der Waals surface area contributed by atoms with Crippen molar-refractivity contribution < 1.29 is 4.79 Å². The fourth-order valence-corrected chi connectivity index (χ4v) is 2.08. The summed E-state index contributed by atoms with van der Waals surface area (Å²) in [5, 5.41) is 0. The van der Waals surface area contributed by atoms with Crippen molar-refractivity contribution >= 4 is 23.4 Å². The summed E-state index contributed by atoms with van der Waals surface area (Å²) in [4.78, 5) is 11.6. The van der Waals surface area contributed by atoms with Gasteiger partial charge >= 0.3 is 0 Å². The summed E-state index contributed by atoms with van der Waals surface area (Å²) in [5.74, 6) is 0.443. The van der Waals surface area contributed by atoms with Gasteiger partial charge in [0, 0.05) is 22.8 Å². The molecule has 1 aromatic carbocycles. The summed E-state index contributed by atoms with van der Waals surface area (Å²) in [7, 11) is 0. The minimum atomic E-state index is -0.265. The first-order valence-electron chi connectivity index (χ1n) is 4.37. The van der Waals surface area contributed by atoms with E-state index in [4.69, 9.17) is 11.5 Å². The van der Waals surface area contributed by atoms with Gasteiger partial charge in [0.1, 0.15) is 0 Å². The second kappa shape index (κ2) is 4.91. The predicted octanol–water partition coefficient (Wildman–Crippen LogP) is 1.54. The number of anilines is 1. The molecule has 14 heavy (non-hydrogen) atoms. The Morgan fingerprint density at radius 2 is 2.21 bits per heavy atom. The molecule has 0 radical (unpaired) electrons. The number of rotatable bonds is 4. The fraction of sp³-hybridized carbons (Fsp3) is 0.300. The molecule has 0 aliphatic rings. The van der Waals surface area contributed by atoms with Crippen LogP contribution >= 0.6 is 11.8 Å². The highest BCUT2D eigenvalue weighted by Gasteiger charge is 2.02. The van der Waals surface area contributed by atoms with Crippen LogP contribution in [0.15, 0.2) is 23.1 Å². The zero-order valence-corrected chi connectivity index (χ0v) is 8.93. The maximum absolute atomic E-state index is 10.5. The van der Waals surface area contributed by atoms with Crippen LogP contribution < -0.4 is 11.5 Å². The van der Waals surface area contributed by atoms with Crippen LogP contribution in [-0.2, 0) is 4.79 Å². The van der Waals surface area contributed by atoms with Gasteiger partial charge in [0.25, 0.3) is 0 Å². The topological polar surface area (TPSA) is 69.1 Å². The van der Waals surface area contributed by atoms with Crippen LogP contribution in [0.25, 0.3) is 0 Å². The lowest BCUT2D eigenvalue weighted by molar-refractivity contribution is -0.117. The molecular formula is C10H14N2OS. The molecule has 3 nitrogen and oxygen atoms in total. The number of hydrogen-bond acceptors (Lipinski definition) is 3. The lowest BCUT2D eigenvalue weighted by Crippen LogP contribution is -2.10. The highest BCUT2D eigenvalue weighted by molar-refractivity contribution is 7.99. The van der Waals surface area contributed by atoms with E-state index in [1.165, 1.54) is 0 Å². The fourth-order valence-electron chi connectivity index (χ4n) is 1.05. The van der Waals surface area contributed by atoms with Crippen LogP contribution in [0.4, 0.5) is 5.69 Å². The molecule has 0 aromatic heterocycles. The molecule has 0 aliphatic carbocycles. The number of primary amides is 1. The Morgan fingerprint density at radius 3 is 2.86 bits per heavy atom. The van der Waals surface area contributed by atoms with Crippen molar-refractivity contribution in [1.29, 1.82) is 0 Å². The number of hydrogen-bond donors (Lipinski definition) is 2. The number of amides is 1. The molecule has 76 valence electrons. The van der Waals surface area contributed by atoms with Gasteiger partial charge in [-0.2, -0.15) is 0 Å². The zero-order chi connectivity index (χ0) is 10.6. The molecule has 4 N–H and O–H groups in total. The van der Waals surface area contributed by atoms with Crippen molar-refractivity contribution in [1.82, 2.24) is 0 Å². The third-order valence-electron chi connectivity index (χ3n) is 1.93. The van der Waals surface area contributed by atoms with Gasteiger partial charge in [-0.05, 0) is 24.6 Å². The summed E-state index contributed by atoms with van der Waals surface area (Å²) >= 11 is 1.61. The van der Waals surface area contributed by atoms with Crippen LogP contribution in [0.1, 0.15) is 12.0 Å². The third-order valence-corrected chi connectivity index (χ3v) is 3.09. The van der Waals surface area contributed by atoms with Crippen LogP contribution in [0.2, 0.25) is 0 Å². The lowest BCUT2D eigenvalue weighted by atomic mass is 10.2. The van der Waals surface area contributed by atoms with E-state index in [0.29, 0.717) is 12.2 Å². The Labute approximate surface area is 87.9 Å². The van der Waals surface area contributed by atoms with Crippen molar-refractivity contribution in [2.75, 3.05) is 11.5 Å². The molecule has 0 spiro atoms. The highest BCUT2D eigenvalue weighted by atomic mass is 32.2. The average Bonchev–Trinajstić information content (AvgIpc) is 2.12. The lowest BCUT2D eigenvalue weighted by Gasteiger charge is -2.06. The maximum atomic E-state index is 10.5. The quantitative estimate of drug-likeness (QED) is 0.585. The van der Waals surface area contributed by atoms with Crippen LogP contribution in [0.5, 0.6) is 0 Å². The Bertz CT molecular complexity index is 339. The minimum absolute atomic E-state index is 0.265. The molecular weight excluding hydrogens is 196 g/mol. The second-order valence-electron chi connectivity index (χ2n) is 3.04. The predicted molar refractivity (Wildman–Crippen MR) is 60.1 cm³/mol. The first kappa shape index (κ1) is 10.9. The van der Waals surface area contributed by atoms with Crippen molar-refractivity contribution in [2.24, 2.45) is 5.73 Å². The van der Waals surface area contributed by atoms with Gasteiger partial charge in [0.05, 0.1) is 0 Å². The van der Waals surface area contributed by atoms with Crippen molar-refractivity contribution in [3.05, 3.63) is 23.8 Å². The van der Waals surface area contributed by atoms with E-state index in [1.54, 1.807) is 11.8 Å². The summed E-state index contributed by atoms with van der Waals surface area (Å²) in [6, 6.07) is 5.78. The molecule has 0 atom stereocenters. The molecule has 1 amide bonds. The van der Waals surface area contributed by atoms with Gasteiger partial charge in [0.2, 0.25) is 5.91 Å². The zero-order valence-electron chi connectivity index (χ0n) is 8.12. The van der Waals surface area contributed by atoms with Gasteiger partial charge in [0.15, 0.2) is 0 Å². The van der Waals surface area contributed by atoms with E-state index in [0.717, 1.165) is 16.1 Å². The van der Waals surface area contributed by atoms with Crippen molar-refractivity contribution in [3.63, 3.8) is 0 Å². The Morgan fingerprint density at radius 1 is 1.50 bits per heavy atom. The van der Waals surface area contributed by atoms with Gasteiger partial charge < -0.3 is 11.5 Å². The summed E-state index contributed by atoms with van der Waals surface area (Å²) in [6.07, 6.45) is 0.402. The molecule has 1 aromatic rings. The smallest absolute Gasteiger partial charge is 0.218 e. The minimum Gasteiger partial charge on any atom is -0.398 e. The molecule has 4 heteroatoms. The van der Waals surface area contributed by atoms with E-state index < -0.39 is 0 Å². The number of carbonyl (C=O) groups is 1. The normalized spacial score (nSPS) is 10.1. The van der Waals surface area contributed by atoms with Crippen LogP contribution in [0.3, 0.4) is 0 Å². The number of nitrogen functional groups attached to an aromatic ring is 1. The van der Waals surface area contributed by atoms with Crippen LogP contribution in [0, 0.1) is 6.92 Å². The van der Waals surface area contributed by atoms with Crippen molar-refractivity contribution in [2.45, 2.75) is 18.2 Å². The summed E-state index contributed by atoms with van der Waals surface area (Å²) in [6.45, 7) is 1.97. The molecule has 0 heterocycles. The van der Waals surface area contributed by atoms with E-state index in [-0.39, 0.29) is 5.91 Å². The summed E-state index contributed by atoms with van der Waals surface area (Å²) < 4.78 is 0. The molecule has 0 unspecified atom stereocenters. The first-order valence-corrected chi connectivity index (χ1v) is 5.36. The number of thioether (sulfide) groups is 1. The molecule has 0 bridgehead atoms. The maximum Gasteiger partial charge on any atom is 0.218 e. The van der Waals surface area contributed by atoms with E-state index in [1.807, 2.05) is 25.1 Å². The highest BCUT2D eigenvalue weighted by Crippen LogP contribution is 2.26. The van der Waals surface area contributed by atoms with Crippen molar-refractivity contribution in [3.8, 4) is 0 Å². The molecule has 0 fully saturated rings. The largest absolute Gasteiger partial charge is 0.398 e. The Hall–Kier alpha value is -1.16. The van der Waals surface area contributed by atoms with Gasteiger partial charge in [-0.3, -0.25) is 4.79 Å². The number of benzene rings is 1. The second-order valence-corrected chi connectivity index (χ2v) is 4.17. The molecule has 0 aliphatic heterocycles. The van der Waals surface area contributed by atoms with Gasteiger partial charge in [-0.25, -0.2) is 0 Å². The third kappa shape index (κ3) is 2.96. The molecule has 1 rings (SSSR count). The van der Waals surface area contributed by atoms with E-state index in [2.05, 4.69) is 0 Å². The van der Waals surface area contributed by atoms with Gasteiger partial charge in [-0.1, -0.05) is 6.07 Å². The molecule has 0 saturated heterocycles. The Kier molecular flexibility index (Phi) is 3.83. The SMILES string of the molecule is Cc1c(N)cccc1SCCC(N)=O. The number of nitrogens with two attached hydrogens (primary N) is 2. The number of carbonyl (C=O) groups excluding carboxylic acids is 1. The standard InChI is InChI=1S/C10H14N2OS/c1-7-8(11)3-2-4-9(7)14-6-5-10(12)13/h2-4H,5-6,11H2,1H3,(H2,12,13). The first-order chi connectivity index (χ1) is 6.61. The van der Waals surface area contributed by atoms with Crippen LogP contribution in [-0.4, -0.2) is 11.7 Å². The van der Waals surface area contributed by atoms with E-state index in [9.17, 15) is 4.79 Å². The Balaban J connectivity index is 2.59. The monoisotopic (exact) mass is 210 g/mol. The van der Waals surface area contributed by atoms with Gasteiger partial charge in [-0.15, -0.1) is 11.8 Å². The van der Waals surface area contributed by atoms with E-state index >= 15 is 0 Å². The average molecular weight is 210 g/mol. The molecule has 0 saturated carbocycles.